The van der Waals surface area contributed by atoms with E-state index in [0.29, 0.717) is 62.0 Å². The highest BCUT2D eigenvalue weighted by atomic mass is 16.6. The third-order valence-electron chi connectivity index (χ3n) is 17.9. The minimum atomic E-state index is -1.16. The van der Waals surface area contributed by atoms with Crippen molar-refractivity contribution in [3.8, 4) is 0 Å². The van der Waals surface area contributed by atoms with E-state index in [0.717, 1.165) is 11.1 Å². The van der Waals surface area contributed by atoms with Crippen LogP contribution in [0.25, 0.3) is 0 Å². The Labute approximate surface area is 539 Å². The summed E-state index contributed by atoms with van der Waals surface area (Å²) in [5, 5.41) is 18.0. The van der Waals surface area contributed by atoms with Crippen LogP contribution in [0.5, 0.6) is 0 Å². The molecule has 504 valence electrons. The van der Waals surface area contributed by atoms with Gasteiger partial charge in [0.1, 0.15) is 12.6 Å². The van der Waals surface area contributed by atoms with Crippen molar-refractivity contribution in [1.82, 2.24) is 30.7 Å². The first kappa shape index (κ1) is 76.2. The smallest absolute Gasteiger partial charge is 0.414 e. The number of ether oxygens (including phenoxy) is 3. The van der Waals surface area contributed by atoms with Gasteiger partial charge in [-0.1, -0.05) is 135 Å². The normalized spacial score (nSPS) is 16.6. The number of aliphatic carboxylic acids is 1. The maximum absolute atomic E-state index is 14.9. The lowest BCUT2D eigenvalue weighted by Crippen LogP contribution is -2.55. The average Bonchev–Trinajstić information content (AvgIpc) is 2.42. The van der Waals surface area contributed by atoms with Gasteiger partial charge in [-0.15, -0.1) is 0 Å². The lowest BCUT2D eigenvalue weighted by molar-refractivity contribution is -0.149. The Balaban J connectivity index is 1.35. The van der Waals surface area contributed by atoms with E-state index in [1.54, 1.807) is 67.2 Å². The fourth-order valence-corrected chi connectivity index (χ4v) is 12.2. The van der Waals surface area contributed by atoms with Gasteiger partial charge in [0.2, 0.25) is 23.6 Å². The lowest BCUT2D eigenvalue weighted by Gasteiger charge is -2.41. The van der Waals surface area contributed by atoms with E-state index in [1.807, 2.05) is 110 Å². The maximum atomic E-state index is 14.9. The molecule has 1 fully saturated rings. The summed E-state index contributed by atoms with van der Waals surface area (Å²) in [6, 6.07) is 18.7. The van der Waals surface area contributed by atoms with Crippen LogP contribution in [0.2, 0.25) is 0 Å². The highest BCUT2D eigenvalue weighted by molar-refractivity contribution is 5.92. The molecule has 0 aliphatic carbocycles. The molecule has 1 aliphatic heterocycles. The Kier molecular flexibility index (Phi) is 31.2. The molecule has 8 N–H and O–H groups in total. The minimum absolute atomic E-state index is 0.0127. The number of amides is 7. The molecular formula is C69H105N9O13. The molecule has 22 nitrogen and oxygen atoms in total. The lowest BCUT2D eigenvalue weighted by atomic mass is 9.83. The SMILES string of the molecule is CC[C@H](C)[C@@H]([C@@H](CC(=O)N1CCC[C@H]1[C@H](OC)[C@@H](C)C(=O)N[C@@H](Cc1ccccc1)C(=O)O)OC)N(C)C(=O)[C@@H](CC(=O)[C@H](C(C)C)N(C)CCc1ccc(N(C)C(=O)OCc2ccc(CC(=O)[C@H](CCCNC(N)=O)NC(=O)[C@@H](N)C(C)C)cc2)cc1)C(C)C. The number of hydrogen-bond donors (Lipinski definition) is 6. The van der Waals surface area contributed by atoms with Crippen molar-refractivity contribution in [2.45, 2.75) is 182 Å². The summed E-state index contributed by atoms with van der Waals surface area (Å²) in [6.07, 6.45) is 1.29. The van der Waals surface area contributed by atoms with E-state index in [1.165, 1.54) is 19.1 Å². The fourth-order valence-electron chi connectivity index (χ4n) is 12.2. The molecule has 11 atom stereocenters. The van der Waals surface area contributed by atoms with Crippen LogP contribution in [0, 0.1) is 35.5 Å². The number of benzene rings is 3. The molecule has 22 heteroatoms. The third kappa shape index (κ3) is 22.8. The van der Waals surface area contributed by atoms with Gasteiger partial charge < -0.3 is 56.5 Å². The first-order valence-electron chi connectivity index (χ1n) is 32.2. The van der Waals surface area contributed by atoms with Gasteiger partial charge in [0.15, 0.2) is 11.6 Å². The number of carboxylic acids is 1. The second kappa shape index (κ2) is 37.3. The van der Waals surface area contributed by atoms with E-state index < -0.39 is 90.2 Å². The maximum Gasteiger partial charge on any atom is 0.414 e. The minimum Gasteiger partial charge on any atom is -0.480 e. The van der Waals surface area contributed by atoms with E-state index in [4.69, 9.17) is 25.7 Å². The second-order valence-corrected chi connectivity index (χ2v) is 25.6. The highest BCUT2D eigenvalue weighted by Gasteiger charge is 2.44. The number of rotatable bonds is 38. The number of urea groups is 1. The number of Topliss-reactive ketones (excluding diaryl/α,β-unsaturated/α-hetero) is 2. The number of likely N-dealkylation sites (tertiary alicyclic amines) is 1. The van der Waals surface area contributed by atoms with Crippen LogP contribution in [0.15, 0.2) is 78.9 Å². The summed E-state index contributed by atoms with van der Waals surface area (Å²) < 4.78 is 17.7. The second-order valence-electron chi connectivity index (χ2n) is 25.6. The number of ketones is 2. The van der Waals surface area contributed by atoms with Gasteiger partial charge >= 0.3 is 18.1 Å². The fraction of sp³-hybridized carbons (Fsp3) is 0.609. The zero-order valence-corrected chi connectivity index (χ0v) is 56.3. The van der Waals surface area contributed by atoms with Gasteiger partial charge in [0.25, 0.3) is 0 Å². The van der Waals surface area contributed by atoms with Crippen molar-refractivity contribution < 1.29 is 62.5 Å². The van der Waals surface area contributed by atoms with Crippen molar-refractivity contribution in [2.24, 2.45) is 47.0 Å². The van der Waals surface area contributed by atoms with E-state index in [2.05, 4.69) is 16.0 Å². The van der Waals surface area contributed by atoms with E-state index in [-0.39, 0.29) is 92.3 Å². The number of carboxylic acid groups (broad SMARTS) is 1. The molecular weight excluding hydrogens is 1160 g/mol. The number of anilines is 1. The Hall–Kier alpha value is -7.27. The summed E-state index contributed by atoms with van der Waals surface area (Å²) in [4.78, 5) is 127. The monoisotopic (exact) mass is 1270 g/mol. The number of primary amides is 1. The molecule has 1 saturated heterocycles. The van der Waals surface area contributed by atoms with E-state index in [9.17, 15) is 48.3 Å². The zero-order valence-electron chi connectivity index (χ0n) is 56.3. The average molecular weight is 1270 g/mol. The number of likely N-dealkylation sites (N-methyl/N-ethyl adjacent to an activating group) is 2. The molecule has 0 saturated carbocycles. The molecule has 0 radical (unpaired) electrons. The van der Waals surface area contributed by atoms with Gasteiger partial charge in [-0.3, -0.25) is 38.6 Å². The predicted octanol–water partition coefficient (Wildman–Crippen LogP) is 6.95. The number of hydrogen-bond acceptors (Lipinski definition) is 14. The molecule has 7 amide bonds. The zero-order chi connectivity index (χ0) is 67.8. The van der Waals surface area contributed by atoms with E-state index >= 15 is 0 Å². The Morgan fingerprint density at radius 1 is 0.725 bits per heavy atom. The highest BCUT2D eigenvalue weighted by Crippen LogP contribution is 2.32. The van der Waals surface area contributed by atoms with Crippen molar-refractivity contribution in [3.63, 3.8) is 0 Å². The summed E-state index contributed by atoms with van der Waals surface area (Å²) in [5.41, 5.74) is 15.0. The molecule has 91 heavy (non-hydrogen) atoms. The van der Waals surface area contributed by atoms with Crippen LogP contribution in [-0.2, 0) is 73.6 Å². The standard InChI is InChI=1S/C69H105N9O13/c1-15-45(8)62(58(89-13)40-59(81)78-35-20-24-55(78)63(90-14)46(9)64(82)74-54(67(85)86)37-48-21-17-16-18-22-48)77(12)66(84)52(42(2)3)39-57(80)61(44(6)7)75(10)36-33-47-29-31-51(32-30-47)76(11)69(88)91-41-50-27-25-49(26-28-50)38-56(79)53(23-19-34-72-68(71)87)73-65(83)60(70)43(4)5/h16-18,21-22,25-32,42-46,52-55,58,60-63H,15,19-20,23-24,33-41,70H2,1-14H3,(H,73,83)(H,74,82)(H,85,86)(H3,71,72,87)/t45-,46+,52-,53-,54-,55-,58+,60-,61-,62-,63+/m0/s1. The first-order valence-corrected chi connectivity index (χ1v) is 32.2. The molecule has 0 unspecified atom stereocenters. The molecule has 0 aromatic heterocycles. The van der Waals surface area contributed by atoms with Gasteiger partial charge in [-0.2, -0.15) is 0 Å². The number of carbonyl (C=O) groups excluding carboxylic acids is 8. The van der Waals surface area contributed by atoms with Gasteiger partial charge in [-0.25, -0.2) is 14.4 Å². The summed E-state index contributed by atoms with van der Waals surface area (Å²) in [6.45, 7) is 18.4. The molecule has 1 heterocycles. The van der Waals surface area contributed by atoms with Crippen molar-refractivity contribution in [2.75, 3.05) is 59.9 Å². The molecule has 4 rings (SSSR count). The van der Waals surface area contributed by atoms with Gasteiger partial charge in [-0.05, 0) is 97.2 Å². The quantitative estimate of drug-likeness (QED) is 0.0316. The topological polar surface area (TPSA) is 303 Å². The summed E-state index contributed by atoms with van der Waals surface area (Å²) in [5.74, 6) is -4.75. The molecule has 3 aromatic carbocycles. The number of nitrogens with two attached hydrogens (primary N) is 2. The number of nitrogens with zero attached hydrogens (tertiary/aromatic N) is 4. The molecule has 0 spiro atoms. The largest absolute Gasteiger partial charge is 0.480 e. The Bertz CT molecular complexity index is 2840. The Morgan fingerprint density at radius 3 is 1.90 bits per heavy atom. The Morgan fingerprint density at radius 2 is 1.34 bits per heavy atom. The van der Waals surface area contributed by atoms with Gasteiger partial charge in [0.05, 0.1) is 54.8 Å². The van der Waals surface area contributed by atoms with Crippen LogP contribution < -0.4 is 32.3 Å². The predicted molar refractivity (Wildman–Crippen MR) is 350 cm³/mol. The van der Waals surface area contributed by atoms with Crippen molar-refractivity contribution >= 4 is 59.0 Å². The molecule has 0 bridgehead atoms. The van der Waals surface area contributed by atoms with Crippen LogP contribution in [-0.4, -0.2) is 177 Å². The molecule has 1 aliphatic rings. The van der Waals surface area contributed by atoms with Crippen molar-refractivity contribution in [1.29, 1.82) is 0 Å². The van der Waals surface area contributed by atoms with Crippen LogP contribution in [0.4, 0.5) is 15.3 Å². The summed E-state index contributed by atoms with van der Waals surface area (Å²) in [7, 11) is 8.29. The third-order valence-corrected chi connectivity index (χ3v) is 17.9. The van der Waals surface area contributed by atoms with Gasteiger partial charge in [0, 0.05) is 78.8 Å². The first-order chi connectivity index (χ1) is 43.0. The number of nitrogens with one attached hydrogen (secondary N) is 3. The van der Waals surface area contributed by atoms with Crippen LogP contribution in [0.1, 0.15) is 130 Å². The summed E-state index contributed by atoms with van der Waals surface area (Å²) >= 11 is 0. The number of methoxy groups -OCH3 is 2. The van der Waals surface area contributed by atoms with Crippen LogP contribution in [0.3, 0.4) is 0 Å². The van der Waals surface area contributed by atoms with Crippen molar-refractivity contribution in [3.05, 3.63) is 101 Å². The number of carbonyl (C=O) groups is 9. The molecule has 3 aromatic rings. The van der Waals surface area contributed by atoms with Crippen LogP contribution >= 0.6 is 0 Å².